The van der Waals surface area contributed by atoms with Crippen LogP contribution in [0.25, 0.3) is 0 Å². The van der Waals surface area contributed by atoms with Crippen LogP contribution in [-0.2, 0) is 9.53 Å². The Labute approximate surface area is 97.9 Å². The Hall–Kier alpha value is -0.930. The zero-order chi connectivity index (χ0) is 11.4. The van der Waals surface area contributed by atoms with Gasteiger partial charge in [-0.25, -0.2) is 4.79 Å². The SMILES string of the molecule is COC(=O)[C@@H](C)Oc1ccc(Cl)cc1Cl. The molecule has 0 N–H and O–H groups in total. The van der Waals surface area contributed by atoms with Gasteiger partial charge in [0, 0.05) is 5.02 Å². The Morgan fingerprint density at radius 1 is 1.40 bits per heavy atom. The normalized spacial score (nSPS) is 12.0. The highest BCUT2D eigenvalue weighted by Gasteiger charge is 2.16. The second kappa shape index (κ2) is 5.24. The summed E-state index contributed by atoms with van der Waals surface area (Å²) in [5.74, 6) is -0.0556. The third kappa shape index (κ3) is 3.29. The number of hydrogen-bond donors (Lipinski definition) is 0. The first-order valence-electron chi connectivity index (χ1n) is 4.24. The maximum absolute atomic E-state index is 11.1. The van der Waals surface area contributed by atoms with Crippen molar-refractivity contribution in [2.75, 3.05) is 7.11 Å². The van der Waals surface area contributed by atoms with E-state index in [1.807, 2.05) is 0 Å². The number of carbonyl (C=O) groups excluding carboxylic acids is 1. The molecule has 1 atom stereocenters. The van der Waals surface area contributed by atoms with E-state index in [1.165, 1.54) is 7.11 Å². The van der Waals surface area contributed by atoms with Gasteiger partial charge in [0.1, 0.15) is 5.75 Å². The van der Waals surface area contributed by atoms with Crippen LogP contribution in [0.3, 0.4) is 0 Å². The molecular formula is C10H10Cl2O3. The van der Waals surface area contributed by atoms with Crippen molar-refractivity contribution in [1.29, 1.82) is 0 Å². The van der Waals surface area contributed by atoms with E-state index in [0.29, 0.717) is 15.8 Å². The highest BCUT2D eigenvalue weighted by atomic mass is 35.5. The Morgan fingerprint density at radius 2 is 2.07 bits per heavy atom. The first-order chi connectivity index (χ1) is 7.04. The summed E-state index contributed by atoms with van der Waals surface area (Å²) in [4.78, 5) is 11.1. The molecule has 15 heavy (non-hydrogen) atoms. The summed E-state index contributed by atoms with van der Waals surface area (Å²) in [7, 11) is 1.30. The fraction of sp³-hybridized carbons (Fsp3) is 0.300. The monoisotopic (exact) mass is 248 g/mol. The van der Waals surface area contributed by atoms with Crippen LogP contribution in [0.2, 0.25) is 10.0 Å². The molecule has 0 spiro atoms. The van der Waals surface area contributed by atoms with Crippen molar-refractivity contribution in [1.82, 2.24) is 0 Å². The molecule has 3 nitrogen and oxygen atoms in total. The third-order valence-electron chi connectivity index (χ3n) is 1.73. The lowest BCUT2D eigenvalue weighted by atomic mass is 10.3. The quantitative estimate of drug-likeness (QED) is 0.772. The number of hydrogen-bond acceptors (Lipinski definition) is 3. The van der Waals surface area contributed by atoms with E-state index in [1.54, 1.807) is 25.1 Å². The first-order valence-corrected chi connectivity index (χ1v) is 4.99. The molecule has 0 bridgehead atoms. The van der Waals surface area contributed by atoms with E-state index in [-0.39, 0.29) is 0 Å². The summed E-state index contributed by atoms with van der Waals surface area (Å²) in [6.45, 7) is 1.58. The maximum Gasteiger partial charge on any atom is 0.346 e. The standard InChI is InChI=1S/C10H10Cl2O3/c1-6(10(13)14-2)15-9-4-3-7(11)5-8(9)12/h3-6H,1-2H3/t6-/m1/s1. The maximum atomic E-state index is 11.1. The highest BCUT2D eigenvalue weighted by Crippen LogP contribution is 2.28. The van der Waals surface area contributed by atoms with Crippen molar-refractivity contribution in [3.8, 4) is 5.75 Å². The lowest BCUT2D eigenvalue weighted by Crippen LogP contribution is -2.24. The fourth-order valence-electron chi connectivity index (χ4n) is 0.975. The summed E-state index contributed by atoms with van der Waals surface area (Å²) in [6, 6.07) is 4.78. The number of rotatable bonds is 3. The molecule has 5 heteroatoms. The van der Waals surface area contributed by atoms with Crippen molar-refractivity contribution in [2.24, 2.45) is 0 Å². The van der Waals surface area contributed by atoms with Crippen molar-refractivity contribution >= 4 is 29.2 Å². The molecule has 0 saturated carbocycles. The van der Waals surface area contributed by atoms with Gasteiger partial charge in [-0.1, -0.05) is 23.2 Å². The minimum atomic E-state index is -0.700. The Kier molecular flexibility index (Phi) is 4.24. The molecule has 82 valence electrons. The van der Waals surface area contributed by atoms with Gasteiger partial charge in [0.15, 0.2) is 6.10 Å². The Morgan fingerprint density at radius 3 is 2.60 bits per heavy atom. The van der Waals surface area contributed by atoms with Gasteiger partial charge in [-0.05, 0) is 25.1 Å². The van der Waals surface area contributed by atoms with Gasteiger partial charge in [0.05, 0.1) is 12.1 Å². The second-order valence-corrected chi connectivity index (χ2v) is 3.70. The van der Waals surface area contributed by atoms with E-state index < -0.39 is 12.1 Å². The van der Waals surface area contributed by atoms with Crippen LogP contribution >= 0.6 is 23.2 Å². The number of carbonyl (C=O) groups is 1. The molecule has 0 heterocycles. The predicted octanol–water partition coefficient (Wildman–Crippen LogP) is 2.93. The number of esters is 1. The second-order valence-electron chi connectivity index (χ2n) is 2.86. The Bertz CT molecular complexity index is 366. The molecule has 0 radical (unpaired) electrons. The van der Waals surface area contributed by atoms with Gasteiger partial charge in [0.25, 0.3) is 0 Å². The van der Waals surface area contributed by atoms with Crippen LogP contribution in [0, 0.1) is 0 Å². The molecular weight excluding hydrogens is 239 g/mol. The summed E-state index contributed by atoms with van der Waals surface area (Å²) in [6.07, 6.45) is -0.700. The smallest absolute Gasteiger partial charge is 0.346 e. The Balaban J connectivity index is 2.76. The molecule has 0 aromatic heterocycles. The molecule has 1 aromatic carbocycles. The zero-order valence-electron chi connectivity index (χ0n) is 8.29. The van der Waals surface area contributed by atoms with Gasteiger partial charge in [-0.3, -0.25) is 0 Å². The van der Waals surface area contributed by atoms with E-state index in [0.717, 1.165) is 0 Å². The van der Waals surface area contributed by atoms with Gasteiger partial charge < -0.3 is 9.47 Å². The molecule has 0 unspecified atom stereocenters. The van der Waals surface area contributed by atoms with Crippen molar-refractivity contribution in [3.05, 3.63) is 28.2 Å². The zero-order valence-corrected chi connectivity index (χ0v) is 9.80. The number of methoxy groups -OCH3 is 1. The topological polar surface area (TPSA) is 35.5 Å². The third-order valence-corrected chi connectivity index (χ3v) is 2.26. The van der Waals surface area contributed by atoms with E-state index in [2.05, 4.69) is 4.74 Å². The van der Waals surface area contributed by atoms with Crippen LogP contribution < -0.4 is 4.74 Å². The van der Waals surface area contributed by atoms with Crippen LogP contribution in [-0.4, -0.2) is 19.2 Å². The first kappa shape index (κ1) is 12.1. The van der Waals surface area contributed by atoms with Gasteiger partial charge in [-0.2, -0.15) is 0 Å². The van der Waals surface area contributed by atoms with E-state index >= 15 is 0 Å². The lowest BCUT2D eigenvalue weighted by Gasteiger charge is -2.13. The van der Waals surface area contributed by atoms with Crippen molar-refractivity contribution < 1.29 is 14.3 Å². The van der Waals surface area contributed by atoms with Crippen LogP contribution in [0.15, 0.2) is 18.2 Å². The lowest BCUT2D eigenvalue weighted by molar-refractivity contribution is -0.147. The molecule has 1 rings (SSSR count). The van der Waals surface area contributed by atoms with Crippen molar-refractivity contribution in [2.45, 2.75) is 13.0 Å². The molecule has 0 saturated heterocycles. The molecule has 0 fully saturated rings. The van der Waals surface area contributed by atoms with Gasteiger partial charge in [-0.15, -0.1) is 0 Å². The molecule has 0 aliphatic heterocycles. The molecule has 0 amide bonds. The summed E-state index contributed by atoms with van der Waals surface area (Å²) in [5, 5.41) is 0.872. The van der Waals surface area contributed by atoms with E-state index in [4.69, 9.17) is 27.9 Å². The average Bonchev–Trinajstić information content (AvgIpc) is 2.20. The van der Waals surface area contributed by atoms with E-state index in [9.17, 15) is 4.79 Å². The van der Waals surface area contributed by atoms with Gasteiger partial charge >= 0.3 is 5.97 Å². The minimum Gasteiger partial charge on any atom is -0.477 e. The summed E-state index contributed by atoms with van der Waals surface area (Å²) in [5.41, 5.74) is 0. The highest BCUT2D eigenvalue weighted by molar-refractivity contribution is 6.35. The predicted molar refractivity (Wildman–Crippen MR) is 58.6 cm³/mol. The van der Waals surface area contributed by atoms with Gasteiger partial charge in [0.2, 0.25) is 0 Å². The van der Waals surface area contributed by atoms with Crippen molar-refractivity contribution in [3.63, 3.8) is 0 Å². The summed E-state index contributed by atoms with van der Waals surface area (Å²) < 4.78 is 9.80. The van der Waals surface area contributed by atoms with Crippen LogP contribution in [0.4, 0.5) is 0 Å². The molecule has 0 aliphatic rings. The minimum absolute atomic E-state index is 0.359. The summed E-state index contributed by atoms with van der Waals surface area (Å²) >= 11 is 11.6. The fourth-order valence-corrected chi connectivity index (χ4v) is 1.43. The number of benzene rings is 1. The molecule has 1 aromatic rings. The average molecular weight is 249 g/mol. The largest absolute Gasteiger partial charge is 0.477 e. The number of ether oxygens (including phenoxy) is 2. The van der Waals surface area contributed by atoms with Crippen LogP contribution in [0.1, 0.15) is 6.92 Å². The van der Waals surface area contributed by atoms with Crippen LogP contribution in [0.5, 0.6) is 5.75 Å². The number of halogens is 2. The molecule has 0 aliphatic carbocycles.